The summed E-state index contributed by atoms with van der Waals surface area (Å²) in [4.78, 5) is 13.4. The fourth-order valence-electron chi connectivity index (χ4n) is 2.05. The lowest BCUT2D eigenvalue weighted by molar-refractivity contribution is -0.117. The predicted molar refractivity (Wildman–Crippen MR) is 62.3 cm³/mol. The molecule has 4 heteroatoms. The third-order valence-corrected chi connectivity index (χ3v) is 2.83. The fraction of sp³-hybridized carbons (Fsp3) is 0.417. The summed E-state index contributed by atoms with van der Waals surface area (Å²) in [5, 5.41) is 0. The Balaban J connectivity index is 2.29. The Hall–Kier alpha value is -1.39. The number of amides is 1. The number of methoxy groups -OCH3 is 1. The molecule has 0 saturated heterocycles. The first kappa shape index (κ1) is 11.1. The highest BCUT2D eigenvalue weighted by Crippen LogP contribution is 2.29. The molecule has 0 aromatic heterocycles. The second-order valence-corrected chi connectivity index (χ2v) is 3.90. The lowest BCUT2D eigenvalue weighted by Crippen LogP contribution is -2.34. The molecule has 0 unspecified atom stereocenters. The van der Waals surface area contributed by atoms with E-state index in [1.54, 1.807) is 12.0 Å². The van der Waals surface area contributed by atoms with E-state index >= 15 is 0 Å². The van der Waals surface area contributed by atoms with Crippen molar-refractivity contribution in [2.75, 3.05) is 25.1 Å². The molecule has 0 spiro atoms. The first-order valence-corrected chi connectivity index (χ1v) is 5.37. The van der Waals surface area contributed by atoms with Gasteiger partial charge < -0.3 is 15.4 Å². The Labute approximate surface area is 95.0 Å². The van der Waals surface area contributed by atoms with Crippen molar-refractivity contribution < 1.29 is 9.53 Å². The average Bonchev–Trinajstić information content (AvgIpc) is 2.71. The average molecular weight is 220 g/mol. The van der Waals surface area contributed by atoms with Crippen LogP contribution in [0.4, 0.5) is 5.69 Å². The third-order valence-electron chi connectivity index (χ3n) is 2.83. The van der Waals surface area contributed by atoms with Crippen LogP contribution in [-0.4, -0.2) is 26.1 Å². The first-order valence-electron chi connectivity index (χ1n) is 5.37. The molecule has 1 aromatic rings. The van der Waals surface area contributed by atoms with Crippen LogP contribution in [0.5, 0.6) is 0 Å². The summed E-state index contributed by atoms with van der Waals surface area (Å²) in [6.07, 6.45) is 0.911. The molecule has 4 nitrogen and oxygen atoms in total. The van der Waals surface area contributed by atoms with Gasteiger partial charge in [0, 0.05) is 19.3 Å². The van der Waals surface area contributed by atoms with Crippen molar-refractivity contribution in [1.82, 2.24) is 0 Å². The molecule has 1 aliphatic rings. The molecular weight excluding hydrogens is 204 g/mol. The summed E-state index contributed by atoms with van der Waals surface area (Å²) in [5.41, 5.74) is 8.67. The van der Waals surface area contributed by atoms with Gasteiger partial charge in [-0.3, -0.25) is 4.79 Å². The summed E-state index contributed by atoms with van der Waals surface area (Å²) in [6, 6.07) is 6.12. The third kappa shape index (κ3) is 1.94. The summed E-state index contributed by atoms with van der Waals surface area (Å²) in [6.45, 7) is 1.37. The van der Waals surface area contributed by atoms with Gasteiger partial charge in [0.05, 0.1) is 13.2 Å². The molecule has 0 atom stereocenters. The van der Waals surface area contributed by atoms with Crippen molar-refractivity contribution in [2.45, 2.75) is 13.0 Å². The quantitative estimate of drug-likeness (QED) is 0.815. The second kappa shape index (κ2) is 4.63. The molecule has 0 saturated carbocycles. The van der Waals surface area contributed by atoms with Crippen LogP contribution in [0.1, 0.15) is 11.1 Å². The zero-order valence-electron chi connectivity index (χ0n) is 9.40. The van der Waals surface area contributed by atoms with Gasteiger partial charge in [-0.2, -0.15) is 0 Å². The van der Waals surface area contributed by atoms with Crippen LogP contribution >= 0.6 is 0 Å². The largest absolute Gasteiger partial charge is 0.380 e. The summed E-state index contributed by atoms with van der Waals surface area (Å²) in [5.74, 6) is -0.0201. The van der Waals surface area contributed by atoms with Crippen LogP contribution in [0.15, 0.2) is 18.2 Å². The predicted octanol–water partition coefficient (Wildman–Crippen LogP) is 0.681. The monoisotopic (exact) mass is 220 g/mol. The highest BCUT2D eigenvalue weighted by atomic mass is 16.5. The van der Waals surface area contributed by atoms with Crippen molar-refractivity contribution in [3.05, 3.63) is 29.3 Å². The maximum absolute atomic E-state index is 11.6. The van der Waals surface area contributed by atoms with E-state index < -0.39 is 0 Å². The number of fused-ring (bicyclic) bond motifs is 1. The molecule has 1 aliphatic heterocycles. The van der Waals surface area contributed by atoms with Gasteiger partial charge in [0.15, 0.2) is 0 Å². The molecule has 1 heterocycles. The topological polar surface area (TPSA) is 55.6 Å². The lowest BCUT2D eigenvalue weighted by atomic mass is 10.1. The SMILES string of the molecule is COCc1ccc2c(c1)N(C(=O)CN)CC2. The zero-order chi connectivity index (χ0) is 11.5. The number of nitrogens with zero attached hydrogens (tertiary/aromatic N) is 1. The zero-order valence-corrected chi connectivity index (χ0v) is 9.40. The number of hydrogen-bond donors (Lipinski definition) is 1. The Morgan fingerprint density at radius 2 is 2.38 bits per heavy atom. The number of benzene rings is 1. The van der Waals surface area contributed by atoms with Crippen molar-refractivity contribution >= 4 is 11.6 Å². The van der Waals surface area contributed by atoms with Crippen LogP contribution in [0.25, 0.3) is 0 Å². The Kier molecular flexibility index (Phi) is 3.22. The van der Waals surface area contributed by atoms with Gasteiger partial charge in [0.25, 0.3) is 0 Å². The van der Waals surface area contributed by atoms with E-state index in [-0.39, 0.29) is 12.5 Å². The summed E-state index contributed by atoms with van der Waals surface area (Å²) >= 11 is 0. The van der Waals surface area contributed by atoms with Crippen molar-refractivity contribution in [3.8, 4) is 0 Å². The van der Waals surface area contributed by atoms with Crippen LogP contribution in [-0.2, 0) is 22.6 Å². The van der Waals surface area contributed by atoms with E-state index in [0.717, 1.165) is 24.2 Å². The summed E-state index contributed by atoms with van der Waals surface area (Å²) in [7, 11) is 1.66. The van der Waals surface area contributed by atoms with E-state index in [9.17, 15) is 4.79 Å². The minimum Gasteiger partial charge on any atom is -0.380 e. The Morgan fingerprint density at radius 1 is 1.56 bits per heavy atom. The number of nitrogens with two attached hydrogens (primary N) is 1. The van der Waals surface area contributed by atoms with Crippen molar-refractivity contribution in [3.63, 3.8) is 0 Å². The van der Waals surface area contributed by atoms with Crippen LogP contribution in [0.2, 0.25) is 0 Å². The van der Waals surface area contributed by atoms with Crippen molar-refractivity contribution in [2.24, 2.45) is 5.73 Å². The molecule has 0 bridgehead atoms. The highest BCUT2D eigenvalue weighted by Gasteiger charge is 2.23. The number of rotatable bonds is 3. The van der Waals surface area contributed by atoms with Crippen molar-refractivity contribution in [1.29, 1.82) is 0 Å². The molecule has 86 valence electrons. The van der Waals surface area contributed by atoms with Gasteiger partial charge in [0.1, 0.15) is 0 Å². The minimum absolute atomic E-state index is 0.0201. The van der Waals surface area contributed by atoms with Gasteiger partial charge in [-0.1, -0.05) is 12.1 Å². The minimum atomic E-state index is -0.0201. The molecule has 0 aliphatic carbocycles. The normalized spacial score (nSPS) is 14.0. The Morgan fingerprint density at radius 3 is 3.06 bits per heavy atom. The molecule has 1 amide bonds. The van der Waals surface area contributed by atoms with Gasteiger partial charge >= 0.3 is 0 Å². The second-order valence-electron chi connectivity index (χ2n) is 3.90. The van der Waals surface area contributed by atoms with Crippen LogP contribution in [0.3, 0.4) is 0 Å². The van der Waals surface area contributed by atoms with E-state index in [4.69, 9.17) is 10.5 Å². The molecule has 16 heavy (non-hydrogen) atoms. The van der Waals surface area contributed by atoms with Gasteiger partial charge in [-0.15, -0.1) is 0 Å². The van der Waals surface area contributed by atoms with Gasteiger partial charge in [-0.25, -0.2) is 0 Å². The van der Waals surface area contributed by atoms with E-state index in [1.165, 1.54) is 5.56 Å². The van der Waals surface area contributed by atoms with E-state index in [2.05, 4.69) is 6.07 Å². The highest BCUT2D eigenvalue weighted by molar-refractivity contribution is 5.96. The standard InChI is InChI=1S/C12H16N2O2/c1-16-8-9-2-3-10-4-5-14(11(10)6-9)12(15)7-13/h2-3,6H,4-5,7-8,13H2,1H3. The number of carbonyl (C=O) groups is 1. The van der Waals surface area contributed by atoms with Crippen LogP contribution in [0, 0.1) is 0 Å². The number of ether oxygens (including phenoxy) is 1. The van der Waals surface area contributed by atoms with Gasteiger partial charge in [-0.05, 0) is 23.6 Å². The molecule has 0 fully saturated rings. The summed E-state index contributed by atoms with van der Waals surface area (Å²) < 4.78 is 5.08. The maximum Gasteiger partial charge on any atom is 0.240 e. The fourth-order valence-corrected chi connectivity index (χ4v) is 2.05. The number of hydrogen-bond acceptors (Lipinski definition) is 3. The Bertz CT molecular complexity index is 404. The molecule has 0 radical (unpaired) electrons. The number of carbonyl (C=O) groups excluding carboxylic acids is 1. The smallest absolute Gasteiger partial charge is 0.240 e. The maximum atomic E-state index is 11.6. The molecule has 2 N–H and O–H groups in total. The van der Waals surface area contributed by atoms with E-state index in [0.29, 0.717) is 6.61 Å². The molecule has 1 aromatic carbocycles. The molecule has 2 rings (SSSR count). The molecular formula is C12H16N2O2. The lowest BCUT2D eigenvalue weighted by Gasteiger charge is -2.16. The number of anilines is 1. The van der Waals surface area contributed by atoms with Crippen LogP contribution < -0.4 is 10.6 Å². The van der Waals surface area contributed by atoms with E-state index in [1.807, 2.05) is 12.1 Å². The first-order chi connectivity index (χ1) is 7.76. The van der Waals surface area contributed by atoms with Gasteiger partial charge in [0.2, 0.25) is 5.91 Å².